The Bertz CT molecular complexity index is 925. The van der Waals surface area contributed by atoms with Crippen LogP contribution in [-0.2, 0) is 15.8 Å². The van der Waals surface area contributed by atoms with E-state index in [0.717, 1.165) is 12.1 Å². The first kappa shape index (κ1) is 27.8. The van der Waals surface area contributed by atoms with Gasteiger partial charge in [0.05, 0.1) is 11.4 Å². The van der Waals surface area contributed by atoms with E-state index in [4.69, 9.17) is 21.5 Å². The Morgan fingerprint density at radius 1 is 1.22 bits per heavy atom. The van der Waals surface area contributed by atoms with E-state index in [-0.39, 0.29) is 17.2 Å². The fraction of sp³-hybridized carbons (Fsp3) is 0.250. The van der Waals surface area contributed by atoms with Crippen LogP contribution in [0.3, 0.4) is 0 Å². The summed E-state index contributed by atoms with van der Waals surface area (Å²) in [5.41, 5.74) is 1.46. The summed E-state index contributed by atoms with van der Waals surface area (Å²) in [6.07, 6.45) is 9.84. The molecular formula is C20H22ClF2N3O4S2. The molecule has 7 nitrogen and oxygen atoms in total. The number of hydrogen-bond donors (Lipinski definition) is 2. The van der Waals surface area contributed by atoms with Gasteiger partial charge in [0.15, 0.2) is 17.4 Å². The van der Waals surface area contributed by atoms with Gasteiger partial charge in [-0.2, -0.15) is 0 Å². The number of ether oxygens (including phenoxy) is 1. The van der Waals surface area contributed by atoms with E-state index < -0.39 is 40.8 Å². The topological polar surface area (TPSA) is 82.1 Å². The Labute approximate surface area is 197 Å². The summed E-state index contributed by atoms with van der Waals surface area (Å²) in [7, 11) is -0.276. The highest BCUT2D eigenvalue weighted by Crippen LogP contribution is 2.30. The smallest absolute Gasteiger partial charge is 0.258 e. The van der Waals surface area contributed by atoms with Crippen LogP contribution in [0.5, 0.6) is 11.5 Å². The van der Waals surface area contributed by atoms with E-state index in [1.54, 1.807) is 7.05 Å². The van der Waals surface area contributed by atoms with Crippen molar-refractivity contribution >= 4 is 40.4 Å². The van der Waals surface area contributed by atoms with E-state index in [9.17, 15) is 17.8 Å². The van der Waals surface area contributed by atoms with Crippen molar-refractivity contribution in [2.45, 2.75) is 4.90 Å². The fourth-order valence-corrected chi connectivity index (χ4v) is 3.84. The number of nitrogens with zero attached hydrogens (tertiary/aromatic N) is 2. The number of nitrogens with one attached hydrogen (secondary N) is 1. The monoisotopic (exact) mass is 505 g/mol. The first-order valence-corrected chi connectivity index (χ1v) is 11.5. The summed E-state index contributed by atoms with van der Waals surface area (Å²) in [6.45, 7) is 0.121. The third kappa shape index (κ3) is 8.38. The Kier molecular flexibility index (Phi) is 12.2. The number of terminal acetylenes is 1. The first-order valence-electron chi connectivity index (χ1n) is 8.86. The van der Waals surface area contributed by atoms with Crippen molar-refractivity contribution in [1.29, 1.82) is 0 Å². The molecule has 2 N–H and O–H groups in total. The maximum atomic E-state index is 14.5. The maximum absolute atomic E-state index is 14.5. The molecule has 2 rings (SSSR count). The predicted molar refractivity (Wildman–Crippen MR) is 122 cm³/mol. The molecule has 12 heteroatoms. The number of hydrogen-bond acceptors (Lipinski definition) is 6. The SMILES string of the molecule is C#C.CSN(C)CCN(CC(=O)NO)S(=O)c1cc(F)c(Oc2ccc(Cl)cc2)c(F)c1. The number of benzene rings is 2. The van der Waals surface area contributed by atoms with Gasteiger partial charge < -0.3 is 4.74 Å². The van der Waals surface area contributed by atoms with Crippen molar-refractivity contribution in [3.05, 3.63) is 53.1 Å². The molecule has 0 aliphatic rings. The van der Waals surface area contributed by atoms with Crippen LogP contribution in [0.15, 0.2) is 41.3 Å². The highest BCUT2D eigenvalue weighted by molar-refractivity contribution is 7.96. The molecule has 1 unspecified atom stereocenters. The summed E-state index contributed by atoms with van der Waals surface area (Å²) in [5.74, 6) is -3.40. The lowest BCUT2D eigenvalue weighted by Gasteiger charge is -2.23. The summed E-state index contributed by atoms with van der Waals surface area (Å²) in [4.78, 5) is 11.4. The van der Waals surface area contributed by atoms with E-state index in [2.05, 4.69) is 12.8 Å². The lowest BCUT2D eigenvalue weighted by atomic mass is 10.3. The lowest BCUT2D eigenvalue weighted by Crippen LogP contribution is -2.40. The lowest BCUT2D eigenvalue weighted by molar-refractivity contribution is -0.129. The van der Waals surface area contributed by atoms with Crippen LogP contribution in [0.1, 0.15) is 0 Å². The average Bonchev–Trinajstić information content (AvgIpc) is 2.80. The van der Waals surface area contributed by atoms with Crippen LogP contribution in [0.25, 0.3) is 0 Å². The fourth-order valence-electron chi connectivity index (χ4n) is 2.26. The van der Waals surface area contributed by atoms with Gasteiger partial charge in [0.2, 0.25) is 0 Å². The zero-order chi connectivity index (χ0) is 24.3. The first-order chi connectivity index (χ1) is 15.2. The van der Waals surface area contributed by atoms with Crippen molar-refractivity contribution in [2.75, 3.05) is 32.9 Å². The summed E-state index contributed by atoms with van der Waals surface area (Å²) < 4.78 is 50.2. The molecule has 1 amide bonds. The Morgan fingerprint density at radius 2 is 1.78 bits per heavy atom. The second-order valence-electron chi connectivity index (χ2n) is 5.95. The second-order valence-corrected chi connectivity index (χ2v) is 8.86. The molecule has 0 aliphatic heterocycles. The normalized spacial score (nSPS) is 11.6. The van der Waals surface area contributed by atoms with Gasteiger partial charge in [-0.15, -0.1) is 12.8 Å². The van der Waals surface area contributed by atoms with Gasteiger partial charge >= 0.3 is 0 Å². The highest BCUT2D eigenvalue weighted by atomic mass is 35.5. The molecule has 0 radical (unpaired) electrons. The molecular weight excluding hydrogens is 484 g/mol. The van der Waals surface area contributed by atoms with Crippen molar-refractivity contribution in [3.63, 3.8) is 0 Å². The molecule has 0 heterocycles. The number of carbonyl (C=O) groups is 1. The van der Waals surface area contributed by atoms with Crippen molar-refractivity contribution in [3.8, 4) is 24.3 Å². The molecule has 174 valence electrons. The van der Waals surface area contributed by atoms with E-state index in [1.807, 2.05) is 10.6 Å². The zero-order valence-corrected chi connectivity index (χ0v) is 19.6. The minimum Gasteiger partial charge on any atom is -0.451 e. The van der Waals surface area contributed by atoms with Crippen molar-refractivity contribution < 1.29 is 27.7 Å². The quantitative estimate of drug-likeness (QED) is 0.222. The Balaban J connectivity index is 0.00000249. The van der Waals surface area contributed by atoms with E-state index in [0.29, 0.717) is 11.6 Å². The van der Waals surface area contributed by atoms with Gasteiger partial charge in [-0.25, -0.2) is 22.8 Å². The largest absolute Gasteiger partial charge is 0.451 e. The van der Waals surface area contributed by atoms with Crippen LogP contribution in [-0.4, -0.2) is 56.9 Å². The number of carbonyl (C=O) groups excluding carboxylic acids is 1. The average molecular weight is 506 g/mol. The van der Waals surface area contributed by atoms with Crippen molar-refractivity contribution in [2.24, 2.45) is 0 Å². The number of hydroxylamine groups is 1. The number of amides is 1. The summed E-state index contributed by atoms with van der Waals surface area (Å²) >= 11 is 7.19. The molecule has 2 aromatic rings. The van der Waals surface area contributed by atoms with Crippen LogP contribution in [0, 0.1) is 24.5 Å². The molecule has 32 heavy (non-hydrogen) atoms. The van der Waals surface area contributed by atoms with Gasteiger partial charge in [-0.05, 0) is 49.7 Å². The number of halogens is 3. The third-order valence-corrected chi connectivity index (χ3v) is 6.34. The predicted octanol–water partition coefficient (Wildman–Crippen LogP) is 3.70. The molecule has 2 aromatic carbocycles. The molecule has 0 spiro atoms. The number of rotatable bonds is 10. The molecule has 0 aromatic heterocycles. The molecule has 0 aliphatic carbocycles. The minimum atomic E-state index is -2.07. The molecule has 0 saturated heterocycles. The Morgan fingerprint density at radius 3 is 2.28 bits per heavy atom. The van der Waals surface area contributed by atoms with Crippen molar-refractivity contribution in [1.82, 2.24) is 14.1 Å². The second kappa shape index (κ2) is 14.1. The zero-order valence-electron chi connectivity index (χ0n) is 17.3. The van der Waals surface area contributed by atoms with E-state index in [1.165, 1.54) is 46.0 Å². The van der Waals surface area contributed by atoms with Crippen LogP contribution >= 0.6 is 23.5 Å². The van der Waals surface area contributed by atoms with Crippen LogP contribution < -0.4 is 10.2 Å². The van der Waals surface area contributed by atoms with E-state index >= 15 is 0 Å². The van der Waals surface area contributed by atoms with Gasteiger partial charge in [0.1, 0.15) is 16.7 Å². The van der Waals surface area contributed by atoms with Gasteiger partial charge in [0, 0.05) is 18.1 Å². The van der Waals surface area contributed by atoms with Gasteiger partial charge in [-0.1, -0.05) is 23.5 Å². The van der Waals surface area contributed by atoms with Crippen LogP contribution in [0.2, 0.25) is 5.02 Å². The van der Waals surface area contributed by atoms with Gasteiger partial charge in [-0.3, -0.25) is 14.3 Å². The van der Waals surface area contributed by atoms with Crippen LogP contribution in [0.4, 0.5) is 8.78 Å². The summed E-state index contributed by atoms with van der Waals surface area (Å²) in [5, 5.41) is 9.20. The summed E-state index contributed by atoms with van der Waals surface area (Å²) in [6, 6.07) is 7.67. The minimum absolute atomic E-state index is 0.142. The molecule has 0 bridgehead atoms. The Hall–Kier alpha value is -2.20. The molecule has 1 atom stereocenters. The standard InChI is InChI=1S/C18H20ClF2N3O4S2.C2H2/c1-23(29-2)7-8-24(11-17(25)22-26)30(27)14-9-15(20)18(16(21)10-14)28-13-5-3-12(19)4-6-13;1-2/h3-6,9-10,26H,7-8,11H2,1-2H3,(H,22,25);1-2H. The number of likely N-dealkylation sites (N-methyl/N-ethyl adjacent to an activating group) is 1. The maximum Gasteiger partial charge on any atom is 0.258 e. The molecule has 0 saturated carbocycles. The third-order valence-electron chi connectivity index (χ3n) is 3.86. The van der Waals surface area contributed by atoms with Gasteiger partial charge in [0.25, 0.3) is 5.91 Å². The molecule has 0 fully saturated rings. The highest BCUT2D eigenvalue weighted by Gasteiger charge is 2.23.